The molecule has 1 unspecified atom stereocenters. The fourth-order valence-electron chi connectivity index (χ4n) is 3.22. The molecule has 4 aromatic rings. The lowest BCUT2D eigenvalue weighted by atomic mass is 10.1. The van der Waals surface area contributed by atoms with E-state index < -0.39 is 6.23 Å². The van der Waals surface area contributed by atoms with Crippen LogP contribution in [-0.2, 0) is 13.0 Å². The highest BCUT2D eigenvalue weighted by molar-refractivity contribution is 5.75. The number of H-pyrrole nitrogens is 1. The Morgan fingerprint density at radius 3 is 2.78 bits per heavy atom. The number of anilines is 1. The minimum absolute atomic E-state index is 0.125. The van der Waals surface area contributed by atoms with E-state index in [2.05, 4.69) is 15.3 Å². The number of imidazole rings is 1. The Kier molecular flexibility index (Phi) is 4.72. The zero-order valence-corrected chi connectivity index (χ0v) is 14.7. The van der Waals surface area contributed by atoms with Gasteiger partial charge in [0.15, 0.2) is 0 Å². The predicted octanol–water partition coefficient (Wildman–Crippen LogP) is 2.75. The number of para-hydroxylation sites is 2. The van der Waals surface area contributed by atoms with Gasteiger partial charge in [0.2, 0.25) is 0 Å². The number of nitrogens with one attached hydrogen (secondary N) is 2. The summed E-state index contributed by atoms with van der Waals surface area (Å²) in [7, 11) is 0. The van der Waals surface area contributed by atoms with E-state index in [9.17, 15) is 9.90 Å². The number of aliphatic hydroxyl groups is 1. The van der Waals surface area contributed by atoms with Crippen molar-refractivity contribution >= 4 is 16.7 Å². The van der Waals surface area contributed by atoms with E-state index in [-0.39, 0.29) is 5.69 Å². The van der Waals surface area contributed by atoms with Gasteiger partial charge in [-0.15, -0.1) is 0 Å². The van der Waals surface area contributed by atoms with Crippen molar-refractivity contribution in [3.8, 4) is 0 Å². The summed E-state index contributed by atoms with van der Waals surface area (Å²) in [5.74, 6) is 0. The van der Waals surface area contributed by atoms with Gasteiger partial charge in [-0.1, -0.05) is 36.4 Å². The Hall–Kier alpha value is -3.38. The third-order valence-corrected chi connectivity index (χ3v) is 4.44. The fourth-order valence-corrected chi connectivity index (χ4v) is 3.22. The van der Waals surface area contributed by atoms with Crippen molar-refractivity contribution in [2.75, 3.05) is 5.32 Å². The Morgan fingerprint density at radius 1 is 1.07 bits per heavy atom. The van der Waals surface area contributed by atoms with Crippen LogP contribution in [0.4, 0.5) is 5.69 Å². The highest BCUT2D eigenvalue weighted by Crippen LogP contribution is 2.14. The van der Waals surface area contributed by atoms with Gasteiger partial charge in [-0.05, 0) is 35.4 Å². The summed E-state index contributed by atoms with van der Waals surface area (Å²) in [6.45, 7) is 0.475. The Morgan fingerprint density at radius 2 is 1.93 bits per heavy atom. The van der Waals surface area contributed by atoms with Gasteiger partial charge in [0.1, 0.15) is 6.23 Å². The van der Waals surface area contributed by atoms with Crippen LogP contribution in [0.25, 0.3) is 11.0 Å². The number of rotatable bonds is 6. The van der Waals surface area contributed by atoms with Crippen LogP contribution in [0.1, 0.15) is 11.1 Å². The molecule has 4 rings (SSSR count). The number of fused-ring (bicyclic) bond motifs is 1. The summed E-state index contributed by atoms with van der Waals surface area (Å²) in [4.78, 5) is 19.2. The van der Waals surface area contributed by atoms with Crippen LogP contribution in [0, 0.1) is 0 Å². The maximum atomic E-state index is 12.3. The van der Waals surface area contributed by atoms with Crippen molar-refractivity contribution in [1.82, 2.24) is 14.5 Å². The van der Waals surface area contributed by atoms with Crippen molar-refractivity contribution in [3.63, 3.8) is 0 Å². The van der Waals surface area contributed by atoms with Gasteiger partial charge in [-0.25, -0.2) is 4.79 Å². The molecule has 0 spiro atoms. The molecule has 6 heteroatoms. The quantitative estimate of drug-likeness (QED) is 0.462. The maximum Gasteiger partial charge on any atom is 0.326 e. The third kappa shape index (κ3) is 3.91. The van der Waals surface area contributed by atoms with Crippen molar-refractivity contribution in [3.05, 3.63) is 94.7 Å². The molecule has 0 bridgehead atoms. The minimum Gasteiger partial charge on any atom is -0.373 e. The molecule has 2 aromatic heterocycles. The molecule has 27 heavy (non-hydrogen) atoms. The summed E-state index contributed by atoms with van der Waals surface area (Å²) < 4.78 is 1.72. The van der Waals surface area contributed by atoms with Crippen LogP contribution in [-0.4, -0.2) is 25.9 Å². The molecule has 0 aliphatic carbocycles. The molecule has 0 saturated carbocycles. The molecule has 2 aromatic carbocycles. The molecule has 6 nitrogen and oxygen atoms in total. The summed E-state index contributed by atoms with van der Waals surface area (Å²) in [6.07, 6.45) is 3.09. The lowest BCUT2D eigenvalue weighted by Gasteiger charge is -2.14. The average Bonchev–Trinajstić information content (AvgIpc) is 2.98. The molecule has 0 aliphatic rings. The molecule has 0 saturated heterocycles. The fraction of sp³-hybridized carbons (Fsp3) is 0.143. The van der Waals surface area contributed by atoms with E-state index in [4.69, 9.17) is 0 Å². The van der Waals surface area contributed by atoms with Gasteiger partial charge in [0.25, 0.3) is 0 Å². The van der Waals surface area contributed by atoms with Gasteiger partial charge in [-0.3, -0.25) is 9.55 Å². The molecule has 2 heterocycles. The Labute approximate surface area is 156 Å². The van der Waals surface area contributed by atoms with Crippen molar-refractivity contribution < 1.29 is 5.11 Å². The lowest BCUT2D eigenvalue weighted by Crippen LogP contribution is -2.21. The van der Waals surface area contributed by atoms with Crippen LogP contribution >= 0.6 is 0 Å². The van der Waals surface area contributed by atoms with E-state index in [1.165, 1.54) is 0 Å². The molecule has 0 aliphatic heterocycles. The van der Waals surface area contributed by atoms with E-state index in [1.54, 1.807) is 17.0 Å². The number of pyridine rings is 1. The van der Waals surface area contributed by atoms with Gasteiger partial charge >= 0.3 is 5.69 Å². The molecule has 0 radical (unpaired) electrons. The molecular weight excluding hydrogens is 340 g/mol. The molecule has 0 amide bonds. The van der Waals surface area contributed by atoms with Crippen LogP contribution < -0.4 is 11.0 Å². The summed E-state index contributed by atoms with van der Waals surface area (Å²) >= 11 is 0. The molecule has 1 atom stereocenters. The zero-order chi connectivity index (χ0) is 18.6. The smallest absolute Gasteiger partial charge is 0.326 e. The van der Waals surface area contributed by atoms with Crippen LogP contribution in [0.15, 0.2) is 77.9 Å². The van der Waals surface area contributed by atoms with E-state index >= 15 is 0 Å². The number of aromatic amines is 1. The van der Waals surface area contributed by atoms with Crippen LogP contribution in [0.3, 0.4) is 0 Å². The highest BCUT2D eigenvalue weighted by atomic mass is 16.3. The van der Waals surface area contributed by atoms with Crippen molar-refractivity contribution in [2.45, 2.75) is 19.2 Å². The number of hydrogen-bond donors (Lipinski definition) is 3. The van der Waals surface area contributed by atoms with Crippen molar-refractivity contribution in [1.29, 1.82) is 0 Å². The van der Waals surface area contributed by atoms with Gasteiger partial charge in [0, 0.05) is 18.8 Å². The first-order valence-corrected chi connectivity index (χ1v) is 8.79. The number of aromatic nitrogens is 3. The van der Waals surface area contributed by atoms with E-state index in [1.807, 2.05) is 60.7 Å². The standard InChI is InChI=1S/C21H20N4O2/c26-20(23-17-7-4-10-22-13-17)12-15-5-3-6-16(11-15)14-25-19-9-2-1-8-18(19)24-21(25)27/h1-11,13,20,23,26H,12,14H2,(H,24,27). The first-order chi connectivity index (χ1) is 13.2. The topological polar surface area (TPSA) is 82.9 Å². The second-order valence-electron chi connectivity index (χ2n) is 6.46. The maximum absolute atomic E-state index is 12.3. The van der Waals surface area contributed by atoms with Crippen molar-refractivity contribution in [2.24, 2.45) is 0 Å². The van der Waals surface area contributed by atoms with Crippen LogP contribution in [0.2, 0.25) is 0 Å². The second-order valence-corrected chi connectivity index (χ2v) is 6.46. The number of hydrogen-bond acceptors (Lipinski definition) is 4. The Balaban J connectivity index is 1.50. The number of benzene rings is 2. The molecule has 3 N–H and O–H groups in total. The van der Waals surface area contributed by atoms with Crippen LogP contribution in [0.5, 0.6) is 0 Å². The van der Waals surface area contributed by atoms with Gasteiger partial charge < -0.3 is 15.4 Å². The average molecular weight is 360 g/mol. The van der Waals surface area contributed by atoms with Gasteiger partial charge in [-0.2, -0.15) is 0 Å². The lowest BCUT2D eigenvalue weighted by molar-refractivity contribution is 0.204. The SMILES string of the molecule is O=c1[nH]c2ccccc2n1Cc1cccc(CC(O)Nc2cccnc2)c1. The first kappa shape index (κ1) is 17.1. The largest absolute Gasteiger partial charge is 0.373 e. The summed E-state index contributed by atoms with van der Waals surface area (Å²) in [5.41, 5.74) is 4.35. The number of aliphatic hydroxyl groups excluding tert-OH is 1. The predicted molar refractivity (Wildman–Crippen MR) is 106 cm³/mol. The molecule has 0 fully saturated rings. The monoisotopic (exact) mass is 360 g/mol. The third-order valence-electron chi connectivity index (χ3n) is 4.44. The van der Waals surface area contributed by atoms with E-state index in [0.29, 0.717) is 13.0 Å². The zero-order valence-electron chi connectivity index (χ0n) is 14.7. The van der Waals surface area contributed by atoms with Gasteiger partial charge in [0.05, 0.1) is 23.3 Å². The highest BCUT2D eigenvalue weighted by Gasteiger charge is 2.09. The molecule has 136 valence electrons. The second kappa shape index (κ2) is 7.47. The summed E-state index contributed by atoms with van der Waals surface area (Å²) in [6, 6.07) is 19.2. The normalized spacial score (nSPS) is 12.2. The molecular formula is C21H20N4O2. The summed E-state index contributed by atoms with van der Waals surface area (Å²) in [5, 5.41) is 13.3. The Bertz CT molecular complexity index is 1100. The minimum atomic E-state index is -0.722. The number of nitrogens with zero attached hydrogens (tertiary/aromatic N) is 2. The van der Waals surface area contributed by atoms with E-state index in [0.717, 1.165) is 27.8 Å². The first-order valence-electron chi connectivity index (χ1n) is 8.79.